The lowest BCUT2D eigenvalue weighted by Gasteiger charge is -2.10. The van der Waals surface area contributed by atoms with Gasteiger partial charge in [0.05, 0.1) is 6.04 Å². The Morgan fingerprint density at radius 3 is 2.94 bits per heavy atom. The van der Waals surface area contributed by atoms with Crippen LogP contribution in [-0.4, -0.2) is 18.5 Å². The molecule has 88 valence electrons. The van der Waals surface area contributed by atoms with Crippen molar-refractivity contribution >= 4 is 11.6 Å². The largest absolute Gasteiger partial charge is 1.00 e. The van der Waals surface area contributed by atoms with Gasteiger partial charge in [-0.1, -0.05) is 6.07 Å². The Bertz CT molecular complexity index is 367. The molecule has 16 heavy (non-hydrogen) atoms. The first kappa shape index (κ1) is 12.9. The number of hydrogen-bond donors (Lipinski definition) is 2. The number of rotatable bonds is 2. The topological polar surface area (TPSA) is 41.1 Å². The van der Waals surface area contributed by atoms with Crippen molar-refractivity contribution in [2.45, 2.75) is 18.9 Å². The second-order valence-corrected chi connectivity index (χ2v) is 3.65. The van der Waals surface area contributed by atoms with Gasteiger partial charge in [-0.25, -0.2) is 4.39 Å². The van der Waals surface area contributed by atoms with Crippen molar-refractivity contribution in [2.75, 3.05) is 11.9 Å². The summed E-state index contributed by atoms with van der Waals surface area (Å²) >= 11 is 0. The van der Waals surface area contributed by atoms with Crippen LogP contribution in [0.1, 0.15) is 12.8 Å². The van der Waals surface area contributed by atoms with Gasteiger partial charge in [0.25, 0.3) is 0 Å². The van der Waals surface area contributed by atoms with Crippen molar-refractivity contribution in [1.82, 2.24) is 5.32 Å². The van der Waals surface area contributed by atoms with Gasteiger partial charge in [-0.05, 0) is 37.6 Å². The molecule has 1 atom stereocenters. The molecule has 0 aromatic heterocycles. The van der Waals surface area contributed by atoms with Crippen LogP contribution >= 0.6 is 0 Å². The molecule has 2 rings (SSSR count). The molecule has 3 nitrogen and oxygen atoms in total. The Kier molecular flexibility index (Phi) is 4.71. The van der Waals surface area contributed by atoms with Gasteiger partial charge in [0.2, 0.25) is 5.91 Å². The lowest BCUT2D eigenvalue weighted by molar-refractivity contribution is -0.117. The quantitative estimate of drug-likeness (QED) is 0.665. The van der Waals surface area contributed by atoms with Crippen LogP contribution in [0.25, 0.3) is 0 Å². The molecule has 1 fully saturated rings. The zero-order chi connectivity index (χ0) is 10.7. The van der Waals surface area contributed by atoms with Crippen molar-refractivity contribution < 1.29 is 21.6 Å². The van der Waals surface area contributed by atoms with E-state index in [9.17, 15) is 9.18 Å². The fourth-order valence-corrected chi connectivity index (χ4v) is 1.70. The van der Waals surface area contributed by atoms with Gasteiger partial charge in [-0.15, -0.1) is 0 Å². The average Bonchev–Trinajstić information content (AvgIpc) is 2.70. The van der Waals surface area contributed by atoms with Crippen LogP contribution < -0.4 is 23.0 Å². The molecular formula is C11H13ClFN2O-. The molecule has 1 heterocycles. The molecule has 1 saturated heterocycles. The molecule has 1 aliphatic rings. The monoisotopic (exact) mass is 243 g/mol. The highest BCUT2D eigenvalue weighted by Crippen LogP contribution is 2.12. The van der Waals surface area contributed by atoms with Crippen LogP contribution in [0, 0.1) is 5.82 Å². The number of anilines is 1. The molecule has 2 N–H and O–H groups in total. The van der Waals surface area contributed by atoms with E-state index in [1.54, 1.807) is 12.1 Å². The van der Waals surface area contributed by atoms with Crippen molar-refractivity contribution in [1.29, 1.82) is 0 Å². The molecule has 0 radical (unpaired) electrons. The van der Waals surface area contributed by atoms with Crippen molar-refractivity contribution in [3.8, 4) is 0 Å². The Hall–Kier alpha value is -1.13. The highest BCUT2D eigenvalue weighted by atomic mass is 35.5. The van der Waals surface area contributed by atoms with Crippen molar-refractivity contribution in [2.24, 2.45) is 0 Å². The number of carbonyl (C=O) groups excluding carboxylic acids is 1. The summed E-state index contributed by atoms with van der Waals surface area (Å²) in [4.78, 5) is 11.6. The highest BCUT2D eigenvalue weighted by molar-refractivity contribution is 5.94. The Morgan fingerprint density at radius 2 is 2.31 bits per heavy atom. The maximum absolute atomic E-state index is 12.8. The van der Waals surface area contributed by atoms with Crippen molar-refractivity contribution in [3.63, 3.8) is 0 Å². The van der Waals surface area contributed by atoms with E-state index in [0.717, 1.165) is 19.4 Å². The normalized spacial score (nSPS) is 18.9. The first-order valence-electron chi connectivity index (χ1n) is 5.05. The fourth-order valence-electron chi connectivity index (χ4n) is 1.70. The lowest BCUT2D eigenvalue weighted by Crippen LogP contribution is -3.00. The Labute approximate surface area is 99.8 Å². The fraction of sp³-hybridized carbons (Fsp3) is 0.364. The van der Waals surface area contributed by atoms with E-state index in [-0.39, 0.29) is 30.2 Å². The maximum atomic E-state index is 12.8. The first-order chi connectivity index (χ1) is 7.25. The Balaban J connectivity index is 0.00000128. The molecule has 1 aliphatic heterocycles. The second kappa shape index (κ2) is 5.82. The molecule has 0 bridgehead atoms. The SMILES string of the molecule is O=C(Nc1cccc(F)c1)[C@@H]1CCCN1.[Cl-]. The molecule has 1 aromatic carbocycles. The average molecular weight is 244 g/mol. The number of amides is 1. The van der Waals surface area contributed by atoms with Crippen LogP contribution in [0.4, 0.5) is 10.1 Å². The zero-order valence-electron chi connectivity index (χ0n) is 8.67. The molecule has 0 saturated carbocycles. The van der Waals surface area contributed by atoms with E-state index in [1.165, 1.54) is 12.1 Å². The summed E-state index contributed by atoms with van der Waals surface area (Å²) in [5, 5.41) is 5.77. The van der Waals surface area contributed by atoms with Crippen LogP contribution in [0.3, 0.4) is 0 Å². The van der Waals surface area contributed by atoms with E-state index in [2.05, 4.69) is 10.6 Å². The third-order valence-corrected chi connectivity index (χ3v) is 2.47. The van der Waals surface area contributed by atoms with Gasteiger partial charge in [-0.3, -0.25) is 4.79 Å². The van der Waals surface area contributed by atoms with Gasteiger partial charge in [0, 0.05) is 5.69 Å². The molecule has 0 aliphatic carbocycles. The van der Waals surface area contributed by atoms with Crippen LogP contribution in [-0.2, 0) is 4.79 Å². The molecule has 1 amide bonds. The van der Waals surface area contributed by atoms with E-state index < -0.39 is 0 Å². The first-order valence-corrected chi connectivity index (χ1v) is 5.05. The van der Waals surface area contributed by atoms with Gasteiger partial charge in [0.15, 0.2) is 0 Å². The highest BCUT2D eigenvalue weighted by Gasteiger charge is 2.21. The minimum absolute atomic E-state index is 0. The molecular weight excluding hydrogens is 231 g/mol. The van der Waals surface area contributed by atoms with Crippen molar-refractivity contribution in [3.05, 3.63) is 30.1 Å². The predicted molar refractivity (Wildman–Crippen MR) is 56.1 cm³/mol. The van der Waals surface area contributed by atoms with Gasteiger partial charge in [0.1, 0.15) is 5.82 Å². The summed E-state index contributed by atoms with van der Waals surface area (Å²) < 4.78 is 12.8. The Morgan fingerprint density at radius 1 is 1.50 bits per heavy atom. The smallest absolute Gasteiger partial charge is 0.241 e. The number of nitrogens with one attached hydrogen (secondary N) is 2. The predicted octanol–water partition coefficient (Wildman–Crippen LogP) is -1.48. The lowest BCUT2D eigenvalue weighted by atomic mass is 10.2. The van der Waals surface area contributed by atoms with Crippen LogP contribution in [0.5, 0.6) is 0 Å². The van der Waals surface area contributed by atoms with Gasteiger partial charge in [-0.2, -0.15) is 0 Å². The third-order valence-electron chi connectivity index (χ3n) is 2.47. The summed E-state index contributed by atoms with van der Waals surface area (Å²) in [6, 6.07) is 5.78. The number of hydrogen-bond acceptors (Lipinski definition) is 2. The van der Waals surface area contributed by atoms with Crippen LogP contribution in [0.15, 0.2) is 24.3 Å². The summed E-state index contributed by atoms with van der Waals surface area (Å²) in [6.07, 6.45) is 1.86. The summed E-state index contributed by atoms with van der Waals surface area (Å²) in [6.45, 7) is 0.876. The van der Waals surface area contributed by atoms with Crippen LogP contribution in [0.2, 0.25) is 0 Å². The second-order valence-electron chi connectivity index (χ2n) is 3.65. The molecule has 0 spiro atoms. The van der Waals surface area contributed by atoms with E-state index in [0.29, 0.717) is 5.69 Å². The minimum Gasteiger partial charge on any atom is -1.00 e. The maximum Gasteiger partial charge on any atom is 0.241 e. The number of benzene rings is 1. The minimum atomic E-state index is -0.341. The standard InChI is InChI=1S/C11H13FN2O.ClH/c12-8-3-1-4-9(7-8)14-11(15)10-5-2-6-13-10;/h1,3-4,7,10,13H,2,5-6H2,(H,14,15);1H/p-1/t10-;/m0./s1. The summed E-state index contributed by atoms with van der Waals surface area (Å²) in [5.41, 5.74) is 0.508. The van der Waals surface area contributed by atoms with E-state index in [1.807, 2.05) is 0 Å². The number of carbonyl (C=O) groups is 1. The molecule has 5 heteroatoms. The summed E-state index contributed by atoms with van der Waals surface area (Å²) in [7, 11) is 0. The summed E-state index contributed by atoms with van der Waals surface area (Å²) in [5.74, 6) is -0.426. The van der Waals surface area contributed by atoms with E-state index in [4.69, 9.17) is 0 Å². The van der Waals surface area contributed by atoms with Gasteiger partial charge < -0.3 is 23.0 Å². The van der Waals surface area contributed by atoms with Gasteiger partial charge >= 0.3 is 0 Å². The molecule has 1 aromatic rings. The van der Waals surface area contributed by atoms with E-state index >= 15 is 0 Å². The zero-order valence-corrected chi connectivity index (χ0v) is 9.43. The molecule has 0 unspecified atom stereocenters. The number of halogens is 2. The third kappa shape index (κ3) is 3.18.